The Morgan fingerprint density at radius 2 is 1.39 bits per heavy atom. The predicted molar refractivity (Wildman–Crippen MR) is 64.4 cm³/mol. The zero-order valence-electron chi connectivity index (χ0n) is 9.38. The van der Waals surface area contributed by atoms with Crippen LogP contribution in [0.2, 0.25) is 0 Å². The van der Waals surface area contributed by atoms with E-state index in [9.17, 15) is 13.2 Å². The molecule has 0 aliphatic carbocycles. The molecule has 0 unspecified atom stereocenters. The molecule has 0 radical (unpaired) electrons. The number of halogens is 3. The van der Waals surface area contributed by atoms with Gasteiger partial charge in [-0.2, -0.15) is 0 Å². The first-order chi connectivity index (χ1) is 8.52. The number of benzene rings is 2. The molecule has 94 valence electrons. The van der Waals surface area contributed by atoms with E-state index in [0.717, 1.165) is 5.56 Å². The average Bonchev–Trinajstić information content (AvgIpc) is 2.40. The minimum Gasteiger partial charge on any atom is -0.397 e. The maximum Gasteiger partial charge on any atom is 0.197 e. The Hall–Kier alpha value is -2.17. The van der Waals surface area contributed by atoms with Crippen molar-refractivity contribution < 1.29 is 13.2 Å². The lowest BCUT2D eigenvalue weighted by Gasteiger charge is -2.11. The van der Waals surface area contributed by atoms with Gasteiger partial charge in [0, 0.05) is 12.0 Å². The van der Waals surface area contributed by atoms with Crippen LogP contribution >= 0.6 is 0 Å². The van der Waals surface area contributed by atoms with Crippen LogP contribution in [0, 0.1) is 17.5 Å². The van der Waals surface area contributed by atoms with Gasteiger partial charge in [-0.25, -0.2) is 13.2 Å². The van der Waals surface area contributed by atoms with Gasteiger partial charge in [-0.1, -0.05) is 30.3 Å². The molecule has 0 aliphatic rings. The molecule has 0 saturated heterocycles. The maximum atomic E-state index is 13.6. The molecule has 2 aromatic carbocycles. The molecule has 0 aliphatic heterocycles. The molecular weight excluding hydrogens is 241 g/mol. The van der Waals surface area contributed by atoms with E-state index in [-0.39, 0.29) is 17.7 Å². The number of anilines is 2. The van der Waals surface area contributed by atoms with Crippen molar-refractivity contribution in [2.75, 3.05) is 11.5 Å². The second-order valence-corrected chi connectivity index (χ2v) is 3.91. The lowest BCUT2D eigenvalue weighted by Crippen LogP contribution is -2.09. The third-order valence-electron chi connectivity index (χ3n) is 2.73. The molecule has 0 atom stereocenters. The Labute approximate surface area is 102 Å². The minimum absolute atomic E-state index is 0.0555. The van der Waals surface area contributed by atoms with Crippen molar-refractivity contribution in [1.29, 1.82) is 0 Å². The first-order valence-electron chi connectivity index (χ1n) is 5.26. The predicted octanol–water partition coefficient (Wildman–Crippen LogP) is 2.86. The summed E-state index contributed by atoms with van der Waals surface area (Å²) in [6, 6.07) is 8.77. The van der Waals surface area contributed by atoms with Crippen molar-refractivity contribution in [2.45, 2.75) is 6.42 Å². The fraction of sp³-hybridized carbons (Fsp3) is 0.0769. The van der Waals surface area contributed by atoms with E-state index >= 15 is 0 Å². The van der Waals surface area contributed by atoms with E-state index in [0.29, 0.717) is 0 Å². The highest BCUT2D eigenvalue weighted by atomic mass is 19.2. The maximum absolute atomic E-state index is 13.6. The Morgan fingerprint density at radius 3 is 2.00 bits per heavy atom. The van der Waals surface area contributed by atoms with E-state index in [2.05, 4.69) is 0 Å². The van der Waals surface area contributed by atoms with Gasteiger partial charge in [0.1, 0.15) is 0 Å². The summed E-state index contributed by atoms with van der Waals surface area (Å²) in [4.78, 5) is 0. The van der Waals surface area contributed by atoms with E-state index in [1.807, 2.05) is 0 Å². The van der Waals surface area contributed by atoms with Crippen LogP contribution < -0.4 is 11.5 Å². The van der Waals surface area contributed by atoms with E-state index in [1.165, 1.54) is 0 Å². The van der Waals surface area contributed by atoms with Crippen LogP contribution in [-0.2, 0) is 6.42 Å². The molecule has 5 heteroatoms. The van der Waals surface area contributed by atoms with Crippen LogP contribution in [0.25, 0.3) is 0 Å². The Balaban J connectivity index is 2.52. The topological polar surface area (TPSA) is 52.0 Å². The van der Waals surface area contributed by atoms with Crippen molar-refractivity contribution in [3.63, 3.8) is 0 Å². The van der Waals surface area contributed by atoms with Gasteiger partial charge in [-0.05, 0) is 5.56 Å². The quantitative estimate of drug-likeness (QED) is 0.637. The first kappa shape index (κ1) is 12.3. The summed E-state index contributed by atoms with van der Waals surface area (Å²) in [5.74, 6) is -4.32. The summed E-state index contributed by atoms with van der Waals surface area (Å²) in [5, 5.41) is 0. The van der Waals surface area contributed by atoms with Gasteiger partial charge in [-0.3, -0.25) is 0 Å². The normalized spacial score (nSPS) is 10.6. The van der Waals surface area contributed by atoms with Gasteiger partial charge in [0.2, 0.25) is 0 Å². The van der Waals surface area contributed by atoms with Crippen molar-refractivity contribution >= 4 is 11.4 Å². The number of rotatable bonds is 2. The SMILES string of the molecule is Nc1c(N)c(Cc2ccccc2)c(F)c(F)c1F. The highest BCUT2D eigenvalue weighted by Gasteiger charge is 2.21. The molecule has 2 aromatic rings. The van der Waals surface area contributed by atoms with Crippen LogP contribution in [-0.4, -0.2) is 0 Å². The third kappa shape index (κ3) is 1.99. The molecule has 0 aromatic heterocycles. The lowest BCUT2D eigenvalue weighted by atomic mass is 10.0. The Bertz CT molecular complexity index is 554. The Kier molecular flexibility index (Phi) is 3.14. The van der Waals surface area contributed by atoms with Crippen molar-refractivity contribution in [1.82, 2.24) is 0 Å². The molecule has 0 bridgehead atoms. The van der Waals surface area contributed by atoms with Crippen LogP contribution in [0.3, 0.4) is 0 Å². The molecule has 0 heterocycles. The van der Waals surface area contributed by atoms with Gasteiger partial charge in [-0.15, -0.1) is 0 Å². The molecule has 18 heavy (non-hydrogen) atoms. The largest absolute Gasteiger partial charge is 0.397 e. The molecule has 0 amide bonds. The summed E-state index contributed by atoms with van der Waals surface area (Å²) in [5.41, 5.74) is 10.6. The number of hydrogen-bond donors (Lipinski definition) is 2. The fourth-order valence-corrected chi connectivity index (χ4v) is 1.72. The van der Waals surface area contributed by atoms with Crippen molar-refractivity contribution in [2.24, 2.45) is 0 Å². The monoisotopic (exact) mass is 252 g/mol. The van der Waals surface area contributed by atoms with Crippen LogP contribution in [0.5, 0.6) is 0 Å². The summed E-state index contributed by atoms with van der Waals surface area (Å²) in [7, 11) is 0. The molecule has 0 spiro atoms. The van der Waals surface area contributed by atoms with Crippen LogP contribution in [0.4, 0.5) is 24.5 Å². The summed E-state index contributed by atoms with van der Waals surface area (Å²) >= 11 is 0. The number of nitrogens with two attached hydrogens (primary N) is 2. The van der Waals surface area contributed by atoms with Gasteiger partial charge in [0.05, 0.1) is 11.4 Å². The van der Waals surface area contributed by atoms with Gasteiger partial charge in [0.15, 0.2) is 17.5 Å². The van der Waals surface area contributed by atoms with Gasteiger partial charge in [0.25, 0.3) is 0 Å². The smallest absolute Gasteiger partial charge is 0.197 e. The first-order valence-corrected chi connectivity index (χ1v) is 5.26. The molecular formula is C13H11F3N2. The highest BCUT2D eigenvalue weighted by molar-refractivity contribution is 5.69. The number of nitrogen functional groups attached to an aromatic ring is 2. The average molecular weight is 252 g/mol. The summed E-state index contributed by atoms with van der Waals surface area (Å²) in [6.45, 7) is 0. The molecule has 0 saturated carbocycles. The van der Waals surface area contributed by atoms with Gasteiger partial charge < -0.3 is 11.5 Å². The zero-order valence-corrected chi connectivity index (χ0v) is 9.38. The summed E-state index contributed by atoms with van der Waals surface area (Å²) in [6.07, 6.45) is 0.0555. The third-order valence-corrected chi connectivity index (χ3v) is 2.73. The second-order valence-electron chi connectivity index (χ2n) is 3.91. The molecule has 0 fully saturated rings. The van der Waals surface area contributed by atoms with Crippen LogP contribution in [0.15, 0.2) is 30.3 Å². The lowest BCUT2D eigenvalue weighted by molar-refractivity contribution is 0.445. The standard InChI is InChI=1S/C13H11F3N2/c14-9-8(6-7-4-2-1-3-5-7)12(17)13(18)11(16)10(9)15/h1-5H,6,17-18H2. The minimum atomic E-state index is -1.59. The van der Waals surface area contributed by atoms with E-state index in [1.54, 1.807) is 30.3 Å². The highest BCUT2D eigenvalue weighted by Crippen LogP contribution is 2.30. The zero-order chi connectivity index (χ0) is 13.3. The fourth-order valence-electron chi connectivity index (χ4n) is 1.72. The van der Waals surface area contributed by atoms with Crippen molar-refractivity contribution in [3.8, 4) is 0 Å². The second kappa shape index (κ2) is 4.60. The van der Waals surface area contributed by atoms with E-state index < -0.39 is 23.1 Å². The Morgan fingerprint density at radius 1 is 0.778 bits per heavy atom. The summed E-state index contributed by atoms with van der Waals surface area (Å²) < 4.78 is 40.0. The van der Waals surface area contributed by atoms with Crippen LogP contribution in [0.1, 0.15) is 11.1 Å². The van der Waals surface area contributed by atoms with E-state index in [4.69, 9.17) is 11.5 Å². The number of hydrogen-bond acceptors (Lipinski definition) is 2. The molecule has 2 rings (SSSR count). The van der Waals surface area contributed by atoms with Crippen molar-refractivity contribution in [3.05, 3.63) is 58.9 Å². The van der Waals surface area contributed by atoms with Gasteiger partial charge >= 0.3 is 0 Å². The molecule has 2 nitrogen and oxygen atoms in total. The molecule has 4 N–H and O–H groups in total.